The van der Waals surface area contributed by atoms with Crippen LogP contribution in [0, 0.1) is 0 Å². The van der Waals surface area contributed by atoms with E-state index in [0.29, 0.717) is 4.48 Å². The summed E-state index contributed by atoms with van der Waals surface area (Å²) in [5, 5.41) is 0. The fourth-order valence-electron chi connectivity index (χ4n) is 1.13. The second-order valence-electron chi connectivity index (χ2n) is 2.82. The smallest absolute Gasteiger partial charge is 0.199 e. The molecule has 1 atom stereocenters. The van der Waals surface area contributed by atoms with E-state index < -0.39 is 0 Å². The largest absolute Gasteiger partial charge is 0.228 e. The van der Waals surface area contributed by atoms with Gasteiger partial charge in [0.2, 0.25) is 0 Å². The van der Waals surface area contributed by atoms with Gasteiger partial charge >= 0.3 is 0 Å². The highest BCUT2D eigenvalue weighted by Crippen LogP contribution is 2.12. The molecule has 0 fully saturated rings. The van der Waals surface area contributed by atoms with E-state index in [1.165, 1.54) is 12.8 Å². The van der Waals surface area contributed by atoms with Crippen molar-refractivity contribution >= 4 is 6.34 Å². The Hall–Kier alpha value is -0.890. The molecule has 0 aromatic rings. The molecule has 0 radical (unpaired) electrons. The van der Waals surface area contributed by atoms with Gasteiger partial charge in [-0.2, -0.15) is 0 Å². The normalized spacial score (nSPS) is 27.7. The molecule has 0 saturated carbocycles. The maximum atomic E-state index is 4.06. The highest BCUT2D eigenvalue weighted by molar-refractivity contribution is 5.51. The number of rotatable bonds is 4. The summed E-state index contributed by atoms with van der Waals surface area (Å²) in [5.74, 6) is 0. The first-order chi connectivity index (χ1) is 5.33. The van der Waals surface area contributed by atoms with Gasteiger partial charge in [-0.05, 0) is 13.0 Å². The fraction of sp³-hybridized carbons (Fsp3) is 0.444. The molecular weight excluding hydrogens is 136 g/mol. The van der Waals surface area contributed by atoms with Crippen LogP contribution in [-0.4, -0.2) is 17.4 Å². The molecule has 2 nitrogen and oxygen atoms in total. The number of unbranched alkanes of at least 4 members (excludes halogenated alkanes) is 1. The van der Waals surface area contributed by atoms with E-state index in [0.717, 1.165) is 6.54 Å². The summed E-state index contributed by atoms with van der Waals surface area (Å²) in [6, 6.07) is 0. The Morgan fingerprint density at radius 1 is 1.64 bits per heavy atom. The van der Waals surface area contributed by atoms with Crippen LogP contribution in [0.5, 0.6) is 0 Å². The van der Waals surface area contributed by atoms with Gasteiger partial charge in [0.15, 0.2) is 6.34 Å². The van der Waals surface area contributed by atoms with Crippen LogP contribution in [-0.2, 0) is 0 Å². The first-order valence-corrected chi connectivity index (χ1v) is 4.06. The van der Waals surface area contributed by atoms with Crippen molar-refractivity contribution < 1.29 is 4.48 Å². The van der Waals surface area contributed by atoms with Crippen molar-refractivity contribution in [1.82, 2.24) is 0 Å². The molecule has 0 amide bonds. The summed E-state index contributed by atoms with van der Waals surface area (Å²) in [6.07, 6.45) is 10.2. The minimum Gasteiger partial charge on any atom is -0.228 e. The Morgan fingerprint density at radius 3 is 2.91 bits per heavy atom. The molecule has 60 valence electrons. The van der Waals surface area contributed by atoms with Crippen LogP contribution in [0.3, 0.4) is 0 Å². The highest BCUT2D eigenvalue weighted by Gasteiger charge is 2.20. The average molecular weight is 151 g/mol. The van der Waals surface area contributed by atoms with E-state index in [2.05, 4.69) is 24.7 Å². The quantitative estimate of drug-likeness (QED) is 0.546. The van der Waals surface area contributed by atoms with E-state index >= 15 is 0 Å². The minimum atomic E-state index is 0.716. The van der Waals surface area contributed by atoms with Crippen molar-refractivity contribution in [3.05, 3.63) is 25.2 Å². The Kier molecular flexibility index (Phi) is 2.60. The van der Waals surface area contributed by atoms with Crippen molar-refractivity contribution in [1.29, 1.82) is 0 Å². The third kappa shape index (κ3) is 1.77. The zero-order chi connectivity index (χ0) is 8.16. The number of aliphatic imine (C=N–C) groups is 1. The summed E-state index contributed by atoms with van der Waals surface area (Å²) in [4.78, 5) is 4.06. The van der Waals surface area contributed by atoms with Gasteiger partial charge in [-0.1, -0.05) is 13.3 Å². The zero-order valence-corrected chi connectivity index (χ0v) is 7.03. The molecule has 1 heterocycles. The van der Waals surface area contributed by atoms with Gasteiger partial charge in [-0.15, -0.1) is 0 Å². The van der Waals surface area contributed by atoms with Crippen LogP contribution in [0.25, 0.3) is 0 Å². The molecule has 0 aromatic heterocycles. The Morgan fingerprint density at radius 2 is 2.45 bits per heavy atom. The number of nitrogens with zero attached hydrogens (tertiary/aromatic N) is 2. The van der Waals surface area contributed by atoms with E-state index in [9.17, 15) is 0 Å². The molecule has 0 aliphatic carbocycles. The third-order valence-electron chi connectivity index (χ3n) is 1.95. The SMILES string of the molecule is C=C[N+]1(CCCC)C=CN=C1. The van der Waals surface area contributed by atoms with Gasteiger partial charge in [0.1, 0.15) is 6.20 Å². The fourth-order valence-corrected chi connectivity index (χ4v) is 1.13. The summed E-state index contributed by atoms with van der Waals surface area (Å²) >= 11 is 0. The van der Waals surface area contributed by atoms with Crippen LogP contribution in [0.15, 0.2) is 30.2 Å². The average Bonchev–Trinajstić information content (AvgIpc) is 2.50. The van der Waals surface area contributed by atoms with Gasteiger partial charge in [0.05, 0.1) is 18.9 Å². The second kappa shape index (κ2) is 3.49. The molecule has 1 unspecified atom stereocenters. The van der Waals surface area contributed by atoms with Gasteiger partial charge in [0, 0.05) is 0 Å². The summed E-state index contributed by atoms with van der Waals surface area (Å²) in [7, 11) is 0. The van der Waals surface area contributed by atoms with Crippen molar-refractivity contribution in [2.24, 2.45) is 4.99 Å². The van der Waals surface area contributed by atoms with Gasteiger partial charge in [-0.3, -0.25) is 0 Å². The summed E-state index contributed by atoms with van der Waals surface area (Å²) in [6.45, 7) is 7.07. The van der Waals surface area contributed by atoms with Crippen LogP contribution in [0.2, 0.25) is 0 Å². The van der Waals surface area contributed by atoms with Crippen LogP contribution in [0.1, 0.15) is 19.8 Å². The molecule has 0 aromatic carbocycles. The predicted molar refractivity (Wildman–Crippen MR) is 47.9 cm³/mol. The molecule has 1 aliphatic rings. The number of hydrogen-bond donors (Lipinski definition) is 0. The summed E-state index contributed by atoms with van der Waals surface area (Å²) in [5.41, 5.74) is 0. The Balaban J connectivity index is 2.54. The van der Waals surface area contributed by atoms with E-state index in [-0.39, 0.29) is 0 Å². The van der Waals surface area contributed by atoms with Crippen LogP contribution < -0.4 is 0 Å². The molecule has 1 aliphatic heterocycles. The van der Waals surface area contributed by atoms with Gasteiger partial charge in [0.25, 0.3) is 0 Å². The first kappa shape index (κ1) is 8.21. The van der Waals surface area contributed by atoms with Crippen molar-refractivity contribution in [2.45, 2.75) is 19.8 Å². The first-order valence-electron chi connectivity index (χ1n) is 4.06. The van der Waals surface area contributed by atoms with Crippen LogP contribution in [0.4, 0.5) is 0 Å². The Labute approximate surface area is 68.1 Å². The van der Waals surface area contributed by atoms with Gasteiger partial charge < -0.3 is 0 Å². The number of quaternary nitrogens is 1. The summed E-state index contributed by atoms with van der Waals surface area (Å²) < 4.78 is 0.716. The molecule has 0 N–H and O–H groups in total. The standard InChI is InChI=1S/C9H15N2/c1-3-5-7-11(4-2)8-6-10-9-11/h4,6,8-9H,2-3,5,7H2,1H3/q+1. The van der Waals surface area contributed by atoms with E-state index in [1.807, 2.05) is 18.7 Å². The lowest BCUT2D eigenvalue weighted by molar-refractivity contribution is -0.721. The monoisotopic (exact) mass is 151 g/mol. The Bertz CT molecular complexity index is 180. The third-order valence-corrected chi connectivity index (χ3v) is 1.95. The lowest BCUT2D eigenvalue weighted by Crippen LogP contribution is -2.34. The molecule has 2 heteroatoms. The van der Waals surface area contributed by atoms with Crippen molar-refractivity contribution in [3.8, 4) is 0 Å². The molecule has 0 spiro atoms. The van der Waals surface area contributed by atoms with E-state index in [4.69, 9.17) is 0 Å². The maximum Gasteiger partial charge on any atom is 0.199 e. The highest BCUT2D eigenvalue weighted by atomic mass is 15.4. The zero-order valence-electron chi connectivity index (χ0n) is 7.03. The lowest BCUT2D eigenvalue weighted by atomic mass is 10.3. The predicted octanol–water partition coefficient (Wildman–Crippen LogP) is 2.26. The molecule has 11 heavy (non-hydrogen) atoms. The van der Waals surface area contributed by atoms with Crippen LogP contribution >= 0.6 is 0 Å². The molecule has 0 saturated heterocycles. The lowest BCUT2D eigenvalue weighted by Gasteiger charge is -2.21. The van der Waals surface area contributed by atoms with Gasteiger partial charge in [-0.25, -0.2) is 9.48 Å². The van der Waals surface area contributed by atoms with E-state index in [1.54, 1.807) is 0 Å². The molecular formula is C9H15N2+. The van der Waals surface area contributed by atoms with Crippen molar-refractivity contribution in [2.75, 3.05) is 6.54 Å². The van der Waals surface area contributed by atoms with Crippen molar-refractivity contribution in [3.63, 3.8) is 0 Å². The minimum absolute atomic E-state index is 0.716. The molecule has 1 rings (SSSR count). The maximum absolute atomic E-state index is 4.06. The topological polar surface area (TPSA) is 12.4 Å². The molecule has 0 bridgehead atoms. The number of hydrogen-bond acceptors (Lipinski definition) is 1. The second-order valence-corrected chi connectivity index (χ2v) is 2.82.